The highest BCUT2D eigenvalue weighted by molar-refractivity contribution is 9.10. The van der Waals surface area contributed by atoms with Crippen molar-refractivity contribution in [3.63, 3.8) is 0 Å². The van der Waals surface area contributed by atoms with Crippen molar-refractivity contribution in [2.75, 3.05) is 24.3 Å². The Kier molecular flexibility index (Phi) is 5.14. The molecule has 0 spiro atoms. The number of nitrogens with zero attached hydrogens (tertiary/aromatic N) is 1. The molecule has 0 aromatic heterocycles. The van der Waals surface area contributed by atoms with Crippen LogP contribution in [0.1, 0.15) is 10.4 Å². The van der Waals surface area contributed by atoms with E-state index in [1.807, 2.05) is 25.1 Å². The van der Waals surface area contributed by atoms with Crippen LogP contribution in [0.25, 0.3) is 0 Å². The first kappa shape index (κ1) is 16.1. The predicted octanol–water partition coefficient (Wildman–Crippen LogP) is 5.07. The molecule has 1 N–H and O–H groups in total. The SMILES string of the molecule is CN(C)c1ccc(Cl)cc1NC(=O)c1ccc(Br)cc1Cl. The minimum atomic E-state index is -0.280. The zero-order valence-corrected chi connectivity index (χ0v) is 14.6. The average Bonchev–Trinajstić information content (AvgIpc) is 2.37. The number of amides is 1. The van der Waals surface area contributed by atoms with Crippen LogP contribution < -0.4 is 10.2 Å². The van der Waals surface area contributed by atoms with Crippen LogP contribution in [0.4, 0.5) is 11.4 Å². The number of carbonyl (C=O) groups is 1. The lowest BCUT2D eigenvalue weighted by Crippen LogP contribution is -2.17. The van der Waals surface area contributed by atoms with Gasteiger partial charge in [0.2, 0.25) is 0 Å². The number of halogens is 3. The van der Waals surface area contributed by atoms with E-state index in [1.54, 1.807) is 30.3 Å². The molecule has 0 unspecified atom stereocenters. The van der Waals surface area contributed by atoms with Crippen LogP contribution in [-0.2, 0) is 0 Å². The summed E-state index contributed by atoms with van der Waals surface area (Å²) < 4.78 is 0.820. The van der Waals surface area contributed by atoms with Gasteiger partial charge in [0.25, 0.3) is 5.91 Å². The average molecular weight is 388 g/mol. The fraction of sp³-hybridized carbons (Fsp3) is 0.133. The Hall–Kier alpha value is -1.23. The summed E-state index contributed by atoms with van der Waals surface area (Å²) in [6, 6.07) is 10.5. The summed E-state index contributed by atoms with van der Waals surface area (Å²) in [5.74, 6) is -0.280. The van der Waals surface area contributed by atoms with E-state index in [4.69, 9.17) is 23.2 Å². The molecule has 0 aliphatic rings. The third-order valence-electron chi connectivity index (χ3n) is 2.86. The van der Waals surface area contributed by atoms with E-state index in [2.05, 4.69) is 21.2 Å². The molecular weight excluding hydrogens is 375 g/mol. The summed E-state index contributed by atoms with van der Waals surface area (Å²) in [5, 5.41) is 3.78. The molecule has 3 nitrogen and oxygen atoms in total. The van der Waals surface area contributed by atoms with Crippen molar-refractivity contribution in [2.24, 2.45) is 0 Å². The second kappa shape index (κ2) is 6.69. The molecule has 0 saturated heterocycles. The van der Waals surface area contributed by atoms with Crippen molar-refractivity contribution >= 4 is 56.4 Å². The Morgan fingerprint density at radius 1 is 1.14 bits per heavy atom. The maximum absolute atomic E-state index is 12.4. The van der Waals surface area contributed by atoms with Crippen molar-refractivity contribution in [3.8, 4) is 0 Å². The lowest BCUT2D eigenvalue weighted by molar-refractivity contribution is 0.102. The predicted molar refractivity (Wildman–Crippen MR) is 92.9 cm³/mol. The van der Waals surface area contributed by atoms with Gasteiger partial charge in [-0.2, -0.15) is 0 Å². The van der Waals surface area contributed by atoms with Gasteiger partial charge in [0.1, 0.15) is 0 Å². The van der Waals surface area contributed by atoms with Gasteiger partial charge in [-0.3, -0.25) is 4.79 Å². The third kappa shape index (κ3) is 3.90. The van der Waals surface area contributed by atoms with Gasteiger partial charge < -0.3 is 10.2 Å². The van der Waals surface area contributed by atoms with Gasteiger partial charge in [-0.15, -0.1) is 0 Å². The van der Waals surface area contributed by atoms with Crippen molar-refractivity contribution in [2.45, 2.75) is 0 Å². The van der Waals surface area contributed by atoms with Gasteiger partial charge in [-0.1, -0.05) is 39.1 Å². The molecular formula is C15H13BrCl2N2O. The molecule has 0 radical (unpaired) electrons. The Morgan fingerprint density at radius 3 is 2.48 bits per heavy atom. The topological polar surface area (TPSA) is 32.3 Å². The van der Waals surface area contributed by atoms with Crippen molar-refractivity contribution in [1.29, 1.82) is 0 Å². The number of rotatable bonds is 3. The van der Waals surface area contributed by atoms with E-state index in [9.17, 15) is 4.79 Å². The first-order valence-corrected chi connectivity index (χ1v) is 7.66. The van der Waals surface area contributed by atoms with Crippen LogP contribution in [0.3, 0.4) is 0 Å². The summed E-state index contributed by atoms with van der Waals surface area (Å²) in [5.41, 5.74) is 1.90. The van der Waals surface area contributed by atoms with E-state index >= 15 is 0 Å². The molecule has 0 heterocycles. The van der Waals surface area contributed by atoms with Gasteiger partial charge in [-0.05, 0) is 36.4 Å². The largest absolute Gasteiger partial charge is 0.376 e. The maximum atomic E-state index is 12.4. The maximum Gasteiger partial charge on any atom is 0.257 e. The van der Waals surface area contributed by atoms with Crippen molar-refractivity contribution in [3.05, 3.63) is 56.5 Å². The molecule has 0 aliphatic carbocycles. The molecule has 2 rings (SSSR count). The first-order chi connectivity index (χ1) is 9.88. The van der Waals surface area contributed by atoms with E-state index in [0.29, 0.717) is 21.3 Å². The number of benzene rings is 2. The van der Waals surface area contributed by atoms with Crippen LogP contribution in [-0.4, -0.2) is 20.0 Å². The number of hydrogen-bond acceptors (Lipinski definition) is 2. The van der Waals surface area contributed by atoms with Gasteiger partial charge in [0, 0.05) is 23.6 Å². The van der Waals surface area contributed by atoms with Gasteiger partial charge in [0.15, 0.2) is 0 Å². The van der Waals surface area contributed by atoms with E-state index in [0.717, 1.165) is 10.2 Å². The Bertz CT molecular complexity index is 689. The monoisotopic (exact) mass is 386 g/mol. The first-order valence-electron chi connectivity index (χ1n) is 6.12. The Balaban J connectivity index is 2.33. The highest BCUT2D eigenvalue weighted by Gasteiger charge is 2.14. The molecule has 0 fully saturated rings. The van der Waals surface area contributed by atoms with Crippen LogP contribution >= 0.6 is 39.1 Å². The standard InChI is InChI=1S/C15H13BrCl2N2O/c1-20(2)14-6-4-10(17)8-13(14)19-15(21)11-5-3-9(16)7-12(11)18/h3-8H,1-2H3,(H,19,21). The van der Waals surface area contributed by atoms with Crippen LogP contribution in [0.5, 0.6) is 0 Å². The summed E-state index contributed by atoms with van der Waals surface area (Å²) >= 11 is 15.4. The van der Waals surface area contributed by atoms with Gasteiger partial charge in [0.05, 0.1) is 22.0 Å². The van der Waals surface area contributed by atoms with Gasteiger partial charge >= 0.3 is 0 Å². The highest BCUT2D eigenvalue weighted by Crippen LogP contribution is 2.29. The molecule has 0 aliphatic heterocycles. The second-order valence-corrected chi connectivity index (χ2v) is 6.39. The number of hydrogen-bond donors (Lipinski definition) is 1. The summed E-state index contributed by atoms with van der Waals surface area (Å²) in [6.45, 7) is 0. The summed E-state index contributed by atoms with van der Waals surface area (Å²) in [7, 11) is 3.79. The van der Waals surface area contributed by atoms with E-state index in [1.165, 1.54) is 0 Å². The van der Waals surface area contributed by atoms with Crippen LogP contribution in [0.2, 0.25) is 10.0 Å². The zero-order valence-electron chi connectivity index (χ0n) is 11.5. The summed E-state index contributed by atoms with van der Waals surface area (Å²) in [6.07, 6.45) is 0. The Labute approximate surface area is 142 Å². The minimum absolute atomic E-state index is 0.280. The smallest absolute Gasteiger partial charge is 0.257 e. The van der Waals surface area contributed by atoms with E-state index < -0.39 is 0 Å². The molecule has 0 saturated carbocycles. The number of nitrogens with one attached hydrogen (secondary N) is 1. The number of anilines is 2. The molecule has 2 aromatic carbocycles. The lowest BCUT2D eigenvalue weighted by Gasteiger charge is -2.18. The second-order valence-electron chi connectivity index (χ2n) is 4.63. The lowest BCUT2D eigenvalue weighted by atomic mass is 10.2. The van der Waals surface area contributed by atoms with Gasteiger partial charge in [-0.25, -0.2) is 0 Å². The zero-order chi connectivity index (χ0) is 15.6. The molecule has 0 atom stereocenters. The molecule has 6 heteroatoms. The van der Waals surface area contributed by atoms with Crippen molar-refractivity contribution in [1.82, 2.24) is 0 Å². The van der Waals surface area contributed by atoms with Crippen LogP contribution in [0, 0.1) is 0 Å². The quantitative estimate of drug-likeness (QED) is 0.796. The van der Waals surface area contributed by atoms with Crippen LogP contribution in [0.15, 0.2) is 40.9 Å². The molecule has 2 aromatic rings. The Morgan fingerprint density at radius 2 is 1.86 bits per heavy atom. The normalized spacial score (nSPS) is 10.3. The molecule has 110 valence electrons. The summed E-state index contributed by atoms with van der Waals surface area (Å²) in [4.78, 5) is 14.3. The molecule has 1 amide bonds. The van der Waals surface area contributed by atoms with Crippen molar-refractivity contribution < 1.29 is 4.79 Å². The minimum Gasteiger partial charge on any atom is -0.376 e. The molecule has 0 bridgehead atoms. The number of carbonyl (C=O) groups excluding carboxylic acids is 1. The fourth-order valence-corrected chi connectivity index (χ4v) is 2.79. The fourth-order valence-electron chi connectivity index (χ4n) is 1.86. The molecule has 21 heavy (non-hydrogen) atoms. The van der Waals surface area contributed by atoms with E-state index in [-0.39, 0.29) is 5.91 Å². The third-order valence-corrected chi connectivity index (χ3v) is 3.91. The highest BCUT2D eigenvalue weighted by atomic mass is 79.9.